The minimum absolute atomic E-state index is 0.0239. The van der Waals surface area contributed by atoms with Gasteiger partial charge in [0.2, 0.25) is 0 Å². The van der Waals surface area contributed by atoms with Crippen molar-refractivity contribution >= 4 is 21.6 Å². The Labute approximate surface area is 154 Å². The minimum atomic E-state index is 0.0239. The van der Waals surface area contributed by atoms with Crippen LogP contribution in [-0.2, 0) is 12.8 Å². The van der Waals surface area contributed by atoms with Crippen LogP contribution < -0.4 is 5.56 Å². The van der Waals surface area contributed by atoms with E-state index in [2.05, 4.69) is 20.1 Å². The zero-order valence-electron chi connectivity index (χ0n) is 14.5. The van der Waals surface area contributed by atoms with E-state index < -0.39 is 0 Å². The van der Waals surface area contributed by atoms with Crippen molar-refractivity contribution in [2.75, 3.05) is 13.1 Å². The fourth-order valence-corrected chi connectivity index (χ4v) is 6.27. The lowest BCUT2D eigenvalue weighted by Crippen LogP contribution is -2.44. The van der Waals surface area contributed by atoms with Gasteiger partial charge in [0, 0.05) is 16.1 Å². The second-order valence-corrected chi connectivity index (χ2v) is 8.91. The van der Waals surface area contributed by atoms with Gasteiger partial charge in [-0.15, -0.1) is 11.3 Å². The molecule has 3 aromatic heterocycles. The molecular formula is C19H21N5OS. The number of hydrogen-bond donors (Lipinski definition) is 2. The van der Waals surface area contributed by atoms with E-state index >= 15 is 0 Å². The standard InChI is InChI=1S/C19H21N5OS/c25-19-17-15(11-2-1-3-13-12(9-20-23-13)16(11)26-17)21-18(22-19)14-8-10-4-6-24(14)7-5-10/h9-10,14H,1-8H2,(H,20,23)(H,21,22,25)/t14-/m0/s1. The van der Waals surface area contributed by atoms with E-state index in [0.717, 1.165) is 66.3 Å². The molecule has 1 aliphatic carbocycles. The highest BCUT2D eigenvalue weighted by Gasteiger charge is 2.36. The molecule has 6 heterocycles. The number of aryl methyl sites for hydroxylation is 2. The van der Waals surface area contributed by atoms with Gasteiger partial charge >= 0.3 is 0 Å². The molecule has 0 amide bonds. The van der Waals surface area contributed by atoms with E-state index in [1.54, 1.807) is 11.3 Å². The number of piperidine rings is 3. The van der Waals surface area contributed by atoms with Crippen molar-refractivity contribution in [3.05, 3.63) is 33.6 Å². The van der Waals surface area contributed by atoms with Crippen LogP contribution >= 0.6 is 11.3 Å². The molecule has 26 heavy (non-hydrogen) atoms. The molecule has 2 bridgehead atoms. The van der Waals surface area contributed by atoms with E-state index in [0.29, 0.717) is 0 Å². The first-order valence-electron chi connectivity index (χ1n) is 9.60. The summed E-state index contributed by atoms with van der Waals surface area (Å²) in [6.07, 6.45) is 8.66. The first-order valence-corrected chi connectivity index (χ1v) is 10.4. The number of aromatic nitrogens is 4. The number of nitrogens with zero attached hydrogens (tertiary/aromatic N) is 3. The molecule has 6 nitrogen and oxygen atoms in total. The number of fused-ring (bicyclic) bond motifs is 8. The summed E-state index contributed by atoms with van der Waals surface area (Å²) in [6, 6.07) is 0.283. The van der Waals surface area contributed by atoms with E-state index in [4.69, 9.17) is 4.98 Å². The van der Waals surface area contributed by atoms with Crippen molar-refractivity contribution in [1.29, 1.82) is 0 Å². The number of thiophene rings is 1. The van der Waals surface area contributed by atoms with Crippen LogP contribution in [0, 0.1) is 5.92 Å². The minimum Gasteiger partial charge on any atom is -0.308 e. The van der Waals surface area contributed by atoms with Crippen molar-refractivity contribution in [2.24, 2.45) is 5.92 Å². The molecule has 0 aromatic carbocycles. The lowest BCUT2D eigenvalue weighted by Gasteiger charge is -2.44. The molecule has 4 aliphatic rings. The summed E-state index contributed by atoms with van der Waals surface area (Å²) in [5.74, 6) is 1.67. The number of rotatable bonds is 1. The highest BCUT2D eigenvalue weighted by molar-refractivity contribution is 7.22. The Hall–Kier alpha value is -1.99. The zero-order valence-corrected chi connectivity index (χ0v) is 15.4. The van der Waals surface area contributed by atoms with Crippen LogP contribution in [0.3, 0.4) is 0 Å². The van der Waals surface area contributed by atoms with Gasteiger partial charge in [-0.05, 0) is 63.1 Å². The van der Waals surface area contributed by atoms with Gasteiger partial charge < -0.3 is 4.98 Å². The molecule has 0 spiro atoms. The Morgan fingerprint density at radius 2 is 2.12 bits per heavy atom. The van der Waals surface area contributed by atoms with Crippen LogP contribution in [0.1, 0.15) is 48.8 Å². The van der Waals surface area contributed by atoms with Gasteiger partial charge in [-0.25, -0.2) is 4.98 Å². The SMILES string of the molecule is O=c1[nH]c([C@@H]2CC3CCN2CC3)nc2c3c(sc12)-c1cn[nH]c1CCC3. The Balaban J connectivity index is 1.54. The van der Waals surface area contributed by atoms with Crippen molar-refractivity contribution in [2.45, 2.75) is 44.6 Å². The van der Waals surface area contributed by atoms with E-state index in [1.807, 2.05) is 6.20 Å². The van der Waals surface area contributed by atoms with E-state index in [9.17, 15) is 4.79 Å². The van der Waals surface area contributed by atoms with Crippen LogP contribution in [0.25, 0.3) is 20.7 Å². The average Bonchev–Trinajstić information content (AvgIpc) is 3.24. The molecule has 0 saturated carbocycles. The molecule has 3 saturated heterocycles. The summed E-state index contributed by atoms with van der Waals surface area (Å²) in [7, 11) is 0. The third-order valence-electron chi connectivity index (χ3n) is 6.44. The molecule has 7 heteroatoms. The van der Waals surface area contributed by atoms with Gasteiger partial charge in [-0.1, -0.05) is 0 Å². The van der Waals surface area contributed by atoms with Crippen LogP contribution in [-0.4, -0.2) is 38.2 Å². The number of hydrogen-bond acceptors (Lipinski definition) is 5. The van der Waals surface area contributed by atoms with Gasteiger partial charge in [0.15, 0.2) is 0 Å². The average molecular weight is 367 g/mol. The van der Waals surface area contributed by atoms with Crippen LogP contribution in [0.2, 0.25) is 0 Å². The van der Waals surface area contributed by atoms with Crippen LogP contribution in [0.5, 0.6) is 0 Å². The Morgan fingerprint density at radius 3 is 2.92 bits per heavy atom. The molecule has 3 aliphatic heterocycles. The van der Waals surface area contributed by atoms with E-state index in [1.165, 1.54) is 29.0 Å². The lowest BCUT2D eigenvalue weighted by molar-refractivity contribution is 0.0445. The maximum Gasteiger partial charge on any atom is 0.268 e. The normalized spacial score (nSPS) is 27.3. The predicted octanol–water partition coefficient (Wildman–Crippen LogP) is 3.02. The third kappa shape index (κ3) is 2.10. The lowest BCUT2D eigenvalue weighted by atomic mass is 9.83. The smallest absolute Gasteiger partial charge is 0.268 e. The molecule has 0 unspecified atom stereocenters. The van der Waals surface area contributed by atoms with Gasteiger partial charge in [-0.2, -0.15) is 5.10 Å². The predicted molar refractivity (Wildman–Crippen MR) is 102 cm³/mol. The van der Waals surface area contributed by atoms with Gasteiger partial charge in [-0.3, -0.25) is 14.8 Å². The molecule has 3 fully saturated rings. The summed E-state index contributed by atoms with van der Waals surface area (Å²) >= 11 is 1.58. The molecule has 3 aromatic rings. The number of nitrogens with one attached hydrogen (secondary N) is 2. The second-order valence-electron chi connectivity index (χ2n) is 7.89. The number of aromatic amines is 2. The van der Waals surface area contributed by atoms with Gasteiger partial charge in [0.25, 0.3) is 5.56 Å². The fourth-order valence-electron chi connectivity index (χ4n) is 5.05. The molecule has 7 rings (SSSR count). The maximum atomic E-state index is 12.9. The molecule has 134 valence electrons. The first kappa shape index (κ1) is 15.1. The first-order chi connectivity index (χ1) is 12.8. The topological polar surface area (TPSA) is 77.7 Å². The highest BCUT2D eigenvalue weighted by Crippen LogP contribution is 2.42. The number of H-pyrrole nitrogens is 2. The third-order valence-corrected chi connectivity index (χ3v) is 7.69. The largest absolute Gasteiger partial charge is 0.308 e. The molecular weight excluding hydrogens is 346 g/mol. The Morgan fingerprint density at radius 1 is 1.23 bits per heavy atom. The zero-order chi connectivity index (χ0) is 17.3. The summed E-state index contributed by atoms with van der Waals surface area (Å²) in [5, 5.41) is 7.34. The summed E-state index contributed by atoms with van der Waals surface area (Å²) < 4.78 is 0.767. The van der Waals surface area contributed by atoms with Gasteiger partial charge in [0.1, 0.15) is 10.5 Å². The van der Waals surface area contributed by atoms with Crippen molar-refractivity contribution in [3.63, 3.8) is 0 Å². The second kappa shape index (κ2) is 5.50. The summed E-state index contributed by atoms with van der Waals surface area (Å²) in [4.78, 5) is 24.7. The monoisotopic (exact) mass is 367 g/mol. The van der Waals surface area contributed by atoms with E-state index in [-0.39, 0.29) is 11.6 Å². The van der Waals surface area contributed by atoms with Crippen LogP contribution in [0.15, 0.2) is 11.0 Å². The highest BCUT2D eigenvalue weighted by atomic mass is 32.1. The summed E-state index contributed by atoms with van der Waals surface area (Å²) in [5.41, 5.74) is 4.54. The summed E-state index contributed by atoms with van der Waals surface area (Å²) in [6.45, 7) is 2.27. The molecule has 0 radical (unpaired) electrons. The van der Waals surface area contributed by atoms with Crippen molar-refractivity contribution in [3.8, 4) is 10.4 Å². The van der Waals surface area contributed by atoms with Crippen molar-refractivity contribution in [1.82, 2.24) is 25.1 Å². The quantitative estimate of drug-likeness (QED) is 0.693. The fraction of sp³-hybridized carbons (Fsp3) is 0.526. The Kier molecular flexibility index (Phi) is 3.20. The van der Waals surface area contributed by atoms with Gasteiger partial charge in [0.05, 0.1) is 17.8 Å². The van der Waals surface area contributed by atoms with Crippen LogP contribution in [0.4, 0.5) is 0 Å². The van der Waals surface area contributed by atoms with Crippen molar-refractivity contribution < 1.29 is 0 Å². The molecule has 2 N–H and O–H groups in total. The Bertz CT molecular complexity index is 1060. The maximum absolute atomic E-state index is 12.9. The molecule has 1 atom stereocenters.